The second kappa shape index (κ2) is 4.96. The molecule has 0 aliphatic carbocycles. The molecule has 0 aromatic heterocycles. The highest BCUT2D eigenvalue weighted by molar-refractivity contribution is 9.10. The highest BCUT2D eigenvalue weighted by atomic mass is 79.9. The van der Waals surface area contributed by atoms with Gasteiger partial charge in [-0.3, -0.25) is 0 Å². The predicted molar refractivity (Wildman–Crippen MR) is 65.8 cm³/mol. The summed E-state index contributed by atoms with van der Waals surface area (Å²) in [4.78, 5) is 0. The lowest BCUT2D eigenvalue weighted by Crippen LogP contribution is -2.17. The van der Waals surface area contributed by atoms with Crippen molar-refractivity contribution in [3.05, 3.63) is 45.4 Å². The van der Waals surface area contributed by atoms with E-state index in [1.165, 1.54) is 0 Å². The van der Waals surface area contributed by atoms with Crippen LogP contribution in [0.1, 0.15) is 18.5 Å². The van der Waals surface area contributed by atoms with E-state index >= 15 is 0 Å². The highest BCUT2D eigenvalue weighted by Crippen LogP contribution is 2.32. The molecule has 1 N–H and O–H groups in total. The van der Waals surface area contributed by atoms with E-state index in [1.807, 2.05) is 32.2 Å². The molecule has 0 spiro atoms. The Labute approximate surface area is 98.3 Å². The van der Waals surface area contributed by atoms with Gasteiger partial charge in [-0.1, -0.05) is 35.9 Å². The fourth-order valence-corrected chi connectivity index (χ4v) is 2.03. The average Bonchev–Trinajstić information content (AvgIpc) is 2.13. The SMILES string of the molecule is C=C(C)C(NC)c1cccc(Br)c1Cl. The van der Waals surface area contributed by atoms with Crippen LogP contribution in [0.15, 0.2) is 34.8 Å². The molecule has 76 valence electrons. The Morgan fingerprint density at radius 1 is 1.57 bits per heavy atom. The molecular formula is C11H13BrClN. The van der Waals surface area contributed by atoms with E-state index < -0.39 is 0 Å². The van der Waals surface area contributed by atoms with E-state index in [2.05, 4.69) is 27.8 Å². The second-order valence-corrected chi connectivity index (χ2v) is 4.44. The molecule has 0 fully saturated rings. The first kappa shape index (κ1) is 11.8. The minimum absolute atomic E-state index is 0.111. The molecule has 0 saturated carbocycles. The average molecular weight is 275 g/mol. The van der Waals surface area contributed by atoms with Crippen LogP contribution in [-0.4, -0.2) is 7.05 Å². The molecule has 1 aromatic rings. The van der Waals surface area contributed by atoms with Crippen molar-refractivity contribution in [3.8, 4) is 0 Å². The van der Waals surface area contributed by atoms with E-state index in [-0.39, 0.29) is 6.04 Å². The molecule has 1 aromatic carbocycles. The molecule has 0 aliphatic rings. The predicted octanol–water partition coefficient (Wildman–Crippen LogP) is 3.94. The van der Waals surface area contributed by atoms with Gasteiger partial charge >= 0.3 is 0 Å². The zero-order valence-electron chi connectivity index (χ0n) is 8.27. The van der Waals surface area contributed by atoms with Crippen LogP contribution in [0.2, 0.25) is 5.02 Å². The van der Waals surface area contributed by atoms with E-state index in [1.54, 1.807) is 0 Å². The fourth-order valence-electron chi connectivity index (χ4n) is 1.41. The Bertz CT molecular complexity index is 349. The lowest BCUT2D eigenvalue weighted by molar-refractivity contribution is 0.680. The molecule has 14 heavy (non-hydrogen) atoms. The highest BCUT2D eigenvalue weighted by Gasteiger charge is 2.14. The molecule has 1 nitrogen and oxygen atoms in total. The first-order valence-electron chi connectivity index (χ1n) is 4.34. The van der Waals surface area contributed by atoms with Crippen LogP contribution in [0, 0.1) is 0 Å². The maximum Gasteiger partial charge on any atom is 0.0599 e. The van der Waals surface area contributed by atoms with Gasteiger partial charge in [-0.25, -0.2) is 0 Å². The molecule has 0 radical (unpaired) electrons. The normalized spacial score (nSPS) is 12.6. The van der Waals surface area contributed by atoms with Gasteiger partial charge in [0.1, 0.15) is 0 Å². The Balaban J connectivity index is 3.16. The van der Waals surface area contributed by atoms with Gasteiger partial charge in [-0.2, -0.15) is 0 Å². The zero-order valence-corrected chi connectivity index (χ0v) is 10.6. The van der Waals surface area contributed by atoms with Gasteiger partial charge in [0, 0.05) is 4.47 Å². The number of rotatable bonds is 3. The lowest BCUT2D eigenvalue weighted by Gasteiger charge is -2.18. The van der Waals surface area contributed by atoms with Crippen molar-refractivity contribution in [2.75, 3.05) is 7.05 Å². The monoisotopic (exact) mass is 273 g/mol. The lowest BCUT2D eigenvalue weighted by atomic mass is 10.0. The van der Waals surface area contributed by atoms with Crippen molar-refractivity contribution >= 4 is 27.5 Å². The van der Waals surface area contributed by atoms with Crippen LogP contribution in [0.5, 0.6) is 0 Å². The maximum atomic E-state index is 6.18. The minimum atomic E-state index is 0.111. The fraction of sp³-hybridized carbons (Fsp3) is 0.273. The van der Waals surface area contributed by atoms with Crippen LogP contribution in [0.25, 0.3) is 0 Å². The third kappa shape index (κ3) is 2.38. The third-order valence-electron chi connectivity index (χ3n) is 2.07. The van der Waals surface area contributed by atoms with Gasteiger partial charge in [-0.05, 0) is 41.5 Å². The van der Waals surface area contributed by atoms with Crippen molar-refractivity contribution in [2.24, 2.45) is 0 Å². The molecule has 1 atom stereocenters. The number of halogens is 2. The van der Waals surface area contributed by atoms with Gasteiger partial charge in [0.05, 0.1) is 11.1 Å². The molecule has 0 bridgehead atoms. The standard InChI is InChI=1S/C11H13BrClN/c1-7(2)11(14-3)8-5-4-6-9(12)10(8)13/h4-6,11,14H,1H2,2-3H3. The van der Waals surface area contributed by atoms with Crippen molar-refractivity contribution in [1.82, 2.24) is 5.32 Å². The van der Waals surface area contributed by atoms with Crippen molar-refractivity contribution in [2.45, 2.75) is 13.0 Å². The first-order chi connectivity index (χ1) is 6.57. The zero-order chi connectivity index (χ0) is 10.7. The smallest absolute Gasteiger partial charge is 0.0599 e. The number of likely N-dealkylation sites (N-methyl/N-ethyl adjacent to an activating group) is 1. The van der Waals surface area contributed by atoms with Crippen LogP contribution >= 0.6 is 27.5 Å². The number of benzene rings is 1. The second-order valence-electron chi connectivity index (χ2n) is 3.21. The molecular weight excluding hydrogens is 261 g/mol. The van der Waals surface area contributed by atoms with Crippen molar-refractivity contribution in [1.29, 1.82) is 0 Å². The van der Waals surface area contributed by atoms with Gasteiger partial charge in [0.2, 0.25) is 0 Å². The third-order valence-corrected chi connectivity index (χ3v) is 3.38. The topological polar surface area (TPSA) is 12.0 Å². The summed E-state index contributed by atoms with van der Waals surface area (Å²) < 4.78 is 0.915. The Morgan fingerprint density at radius 2 is 2.21 bits per heavy atom. The summed E-state index contributed by atoms with van der Waals surface area (Å²) >= 11 is 9.59. The van der Waals surface area contributed by atoms with Crippen LogP contribution in [-0.2, 0) is 0 Å². The van der Waals surface area contributed by atoms with Crippen LogP contribution < -0.4 is 5.32 Å². The maximum absolute atomic E-state index is 6.18. The Kier molecular flexibility index (Phi) is 4.17. The molecule has 0 aliphatic heterocycles. The van der Waals surface area contributed by atoms with E-state index in [9.17, 15) is 0 Å². The summed E-state index contributed by atoms with van der Waals surface area (Å²) in [7, 11) is 1.90. The summed E-state index contributed by atoms with van der Waals surface area (Å²) in [6.45, 7) is 5.92. The Morgan fingerprint density at radius 3 is 2.71 bits per heavy atom. The summed E-state index contributed by atoms with van der Waals surface area (Å²) in [5.74, 6) is 0. The van der Waals surface area contributed by atoms with Crippen LogP contribution in [0.3, 0.4) is 0 Å². The largest absolute Gasteiger partial charge is 0.310 e. The molecule has 3 heteroatoms. The van der Waals surface area contributed by atoms with Gasteiger partial charge < -0.3 is 5.32 Å². The number of hydrogen-bond donors (Lipinski definition) is 1. The number of hydrogen-bond acceptors (Lipinski definition) is 1. The summed E-state index contributed by atoms with van der Waals surface area (Å²) in [6, 6.07) is 6.01. The van der Waals surface area contributed by atoms with Crippen LogP contribution in [0.4, 0.5) is 0 Å². The Hall–Kier alpha value is -0.310. The van der Waals surface area contributed by atoms with E-state index in [0.717, 1.165) is 20.6 Å². The van der Waals surface area contributed by atoms with Gasteiger partial charge in [0.15, 0.2) is 0 Å². The molecule has 0 amide bonds. The van der Waals surface area contributed by atoms with Crippen molar-refractivity contribution in [3.63, 3.8) is 0 Å². The van der Waals surface area contributed by atoms with Gasteiger partial charge in [-0.15, -0.1) is 0 Å². The molecule has 1 unspecified atom stereocenters. The molecule has 1 rings (SSSR count). The summed E-state index contributed by atoms with van der Waals surface area (Å²) in [5.41, 5.74) is 2.10. The first-order valence-corrected chi connectivity index (χ1v) is 5.51. The van der Waals surface area contributed by atoms with E-state index in [4.69, 9.17) is 11.6 Å². The number of nitrogens with one attached hydrogen (secondary N) is 1. The minimum Gasteiger partial charge on any atom is -0.310 e. The summed E-state index contributed by atoms with van der Waals surface area (Å²) in [5, 5.41) is 3.93. The van der Waals surface area contributed by atoms with Crippen molar-refractivity contribution < 1.29 is 0 Å². The molecule has 0 heterocycles. The summed E-state index contributed by atoms with van der Waals surface area (Å²) in [6.07, 6.45) is 0. The van der Waals surface area contributed by atoms with Gasteiger partial charge in [0.25, 0.3) is 0 Å². The van der Waals surface area contributed by atoms with E-state index in [0.29, 0.717) is 0 Å². The quantitative estimate of drug-likeness (QED) is 0.823. The molecule has 0 saturated heterocycles.